The first-order valence-electron chi connectivity index (χ1n) is 17.0. The minimum Gasteiger partial charge on any atom is -0.508 e. The van der Waals surface area contributed by atoms with Gasteiger partial charge in [-0.15, -0.1) is 0 Å². The van der Waals surface area contributed by atoms with Gasteiger partial charge in [-0.3, -0.25) is 4.21 Å². The Hall–Kier alpha value is -1.22. The van der Waals surface area contributed by atoms with E-state index in [-0.39, 0.29) is 41.4 Å². The number of hydrogen-bond donors (Lipinski definition) is 2. The molecule has 4 rings (SSSR count). The molecule has 0 aliphatic heterocycles. The van der Waals surface area contributed by atoms with Crippen molar-refractivity contribution in [3.05, 3.63) is 29.3 Å². The lowest BCUT2D eigenvalue weighted by Gasteiger charge is -2.53. The average molecular weight is 611 g/mol. The van der Waals surface area contributed by atoms with Crippen LogP contribution in [0.4, 0.5) is 22.0 Å². The fourth-order valence-corrected chi connectivity index (χ4v) is 8.75. The van der Waals surface area contributed by atoms with E-state index in [0.29, 0.717) is 44.4 Å². The fraction of sp³-hybridized carbons (Fsp3) is 0.812. The molecule has 2 fully saturated rings. The second kappa shape index (κ2) is 13.6. The maximum atomic E-state index is 13.1. The Bertz CT molecular complexity index is 1200. The number of fused-ring (bicyclic) bond motifs is 5. The number of phenolic OH excluding ortho intramolecular Hbond substituents is 1. The smallest absolute Gasteiger partial charge is 0.453 e. The second-order valence-corrected chi connectivity index (χ2v) is 14.2. The van der Waals surface area contributed by atoms with Crippen molar-refractivity contribution < 1.29 is 41.9 Å². The third-order valence-electron chi connectivity index (χ3n) is 9.99. The molecular formula is C32H47F5O3S. The van der Waals surface area contributed by atoms with Crippen LogP contribution in [0.1, 0.15) is 119 Å². The first kappa shape index (κ1) is 27.3. The molecule has 3 nitrogen and oxygen atoms in total. The monoisotopic (exact) mass is 610 g/mol. The molecule has 0 spiro atoms. The van der Waals surface area contributed by atoms with Crippen molar-refractivity contribution in [3.63, 3.8) is 0 Å². The molecule has 0 radical (unpaired) electrons. The van der Waals surface area contributed by atoms with Crippen molar-refractivity contribution >= 4 is 10.8 Å². The Kier molecular flexibility index (Phi) is 9.07. The molecule has 41 heavy (non-hydrogen) atoms. The molecule has 0 bridgehead atoms. The van der Waals surface area contributed by atoms with Crippen LogP contribution in [0.25, 0.3) is 0 Å². The lowest BCUT2D eigenvalue weighted by Crippen LogP contribution is -2.47. The summed E-state index contributed by atoms with van der Waals surface area (Å²) in [7, 11) is -1.87. The lowest BCUT2D eigenvalue weighted by molar-refractivity contribution is -0.284. The molecule has 1 aromatic carbocycles. The zero-order chi connectivity index (χ0) is 33.4. The third-order valence-corrected chi connectivity index (χ3v) is 11.3. The molecule has 2 N–H and O–H groups in total. The van der Waals surface area contributed by atoms with Crippen molar-refractivity contribution in [3.8, 4) is 5.75 Å². The first-order valence-corrected chi connectivity index (χ1v) is 16.5. The maximum absolute atomic E-state index is 13.1. The van der Waals surface area contributed by atoms with Gasteiger partial charge in [0.2, 0.25) is 0 Å². The zero-order valence-electron chi connectivity index (χ0n) is 27.8. The molecule has 0 aromatic heterocycles. The highest BCUT2D eigenvalue weighted by Crippen LogP contribution is 2.62. The Morgan fingerprint density at radius 3 is 2.44 bits per heavy atom. The van der Waals surface area contributed by atoms with Crippen molar-refractivity contribution in [2.45, 2.75) is 127 Å². The number of hydrogen-bond acceptors (Lipinski definition) is 3. The molecule has 0 amide bonds. The van der Waals surface area contributed by atoms with E-state index in [9.17, 15) is 36.4 Å². The topological polar surface area (TPSA) is 57.5 Å². The molecule has 234 valence electrons. The molecule has 9 heteroatoms. The van der Waals surface area contributed by atoms with Gasteiger partial charge in [0.05, 0.1) is 6.10 Å². The molecule has 2 saturated carbocycles. The van der Waals surface area contributed by atoms with Crippen LogP contribution in [-0.2, 0) is 17.2 Å². The van der Waals surface area contributed by atoms with E-state index >= 15 is 0 Å². The number of phenols is 1. The van der Waals surface area contributed by atoms with Gasteiger partial charge in [-0.05, 0) is 104 Å². The van der Waals surface area contributed by atoms with Crippen LogP contribution in [0.3, 0.4) is 0 Å². The summed E-state index contributed by atoms with van der Waals surface area (Å²) >= 11 is 0. The minimum atomic E-state index is -5.66. The van der Waals surface area contributed by atoms with Gasteiger partial charge in [-0.2, -0.15) is 22.0 Å². The maximum Gasteiger partial charge on any atom is 0.453 e. The van der Waals surface area contributed by atoms with Crippen LogP contribution < -0.4 is 0 Å². The second-order valence-electron chi connectivity index (χ2n) is 12.6. The van der Waals surface area contributed by atoms with Gasteiger partial charge < -0.3 is 10.2 Å². The van der Waals surface area contributed by atoms with Crippen LogP contribution >= 0.6 is 0 Å². The van der Waals surface area contributed by atoms with E-state index in [1.54, 1.807) is 6.07 Å². The van der Waals surface area contributed by atoms with Gasteiger partial charge >= 0.3 is 12.1 Å². The summed E-state index contributed by atoms with van der Waals surface area (Å²) in [4.78, 5) is 0. The molecule has 1 unspecified atom stereocenters. The van der Waals surface area contributed by atoms with E-state index in [1.807, 2.05) is 12.1 Å². The number of unbranched alkanes of at least 4 members (excludes halogenated alkanes) is 2. The average Bonchev–Trinajstić information content (AvgIpc) is 3.20. The molecule has 3 aliphatic carbocycles. The van der Waals surface area contributed by atoms with E-state index in [4.69, 9.17) is 5.48 Å². The van der Waals surface area contributed by atoms with Gasteiger partial charge in [-0.1, -0.05) is 51.5 Å². The highest BCUT2D eigenvalue weighted by atomic mass is 32.2. The summed E-state index contributed by atoms with van der Waals surface area (Å²) in [5.74, 6) is -4.63. The molecule has 1 aromatic rings. The fourth-order valence-electron chi connectivity index (χ4n) is 7.76. The number of rotatable bonds is 14. The number of alkyl halides is 5. The van der Waals surface area contributed by atoms with E-state index in [2.05, 4.69) is 6.92 Å². The van der Waals surface area contributed by atoms with Crippen LogP contribution in [0.2, 0.25) is 0 Å². The number of aromatic hydroxyl groups is 1. The largest absolute Gasteiger partial charge is 0.508 e. The van der Waals surface area contributed by atoms with Crippen molar-refractivity contribution in [2.75, 3.05) is 11.5 Å². The predicted octanol–water partition coefficient (Wildman–Crippen LogP) is 8.68. The summed E-state index contributed by atoms with van der Waals surface area (Å²) in [6.07, 6.45) is -5.05. The van der Waals surface area contributed by atoms with Crippen LogP contribution in [0.15, 0.2) is 18.2 Å². The van der Waals surface area contributed by atoms with Gasteiger partial charge in [0.1, 0.15) is 5.75 Å². The van der Waals surface area contributed by atoms with Crippen molar-refractivity contribution in [1.29, 1.82) is 0 Å². The molecule has 0 heterocycles. The molecular weight excluding hydrogens is 559 g/mol. The van der Waals surface area contributed by atoms with Gasteiger partial charge in [0, 0.05) is 34.2 Å². The number of aliphatic hydroxyl groups is 1. The number of benzene rings is 1. The zero-order valence-corrected chi connectivity index (χ0v) is 24.6. The summed E-state index contributed by atoms with van der Waals surface area (Å²) < 4.78 is 109. The third kappa shape index (κ3) is 7.66. The quantitative estimate of drug-likeness (QED) is 0.164. The summed E-state index contributed by atoms with van der Waals surface area (Å²) in [5, 5.41) is 21.1. The normalized spacial score (nSPS) is 32.6. The van der Waals surface area contributed by atoms with Crippen LogP contribution in [0.5, 0.6) is 5.75 Å². The predicted molar refractivity (Wildman–Crippen MR) is 153 cm³/mol. The van der Waals surface area contributed by atoms with E-state index in [1.165, 1.54) is 5.56 Å². The van der Waals surface area contributed by atoms with E-state index < -0.39 is 60.0 Å². The molecule has 0 saturated heterocycles. The summed E-state index contributed by atoms with van der Waals surface area (Å²) in [6.45, 7) is 2.18. The SMILES string of the molecule is [2H]C([2H])(CCCCCC([2H])([2H])CS(=O)CCCC(F)(F)C(F)(F)F)C[C@@H]1Cc2cc(O)ccc2[C@H]2CC[C@]3(C)[C@@H](O)CC[C@H]3[C@H]12. The number of halogens is 5. The van der Waals surface area contributed by atoms with Crippen molar-refractivity contribution in [2.24, 2.45) is 23.2 Å². The summed E-state index contributed by atoms with van der Waals surface area (Å²) in [5.41, 5.74) is 2.15. The van der Waals surface area contributed by atoms with Gasteiger partial charge in [0.25, 0.3) is 0 Å². The highest BCUT2D eigenvalue weighted by molar-refractivity contribution is 7.84. The Balaban J connectivity index is 1.27. The standard InChI is InChI=1S/C32H47F5O3S/c1-30-17-15-26-25-12-11-24(38)21-23(25)20-22(29(26)27(30)13-14-28(30)39)10-7-5-3-2-4-6-8-18-41(40)19-9-16-31(33,34)32(35,36)37/h11-12,21-22,26-29,38-39H,2-10,13-20H2,1H3/t22-,26-,27+,28+,29-,30+,41?/m1/s1/i7D2,8D2. The van der Waals surface area contributed by atoms with Crippen LogP contribution in [0, 0.1) is 23.2 Å². The highest BCUT2D eigenvalue weighted by Gasteiger charge is 2.57. The Morgan fingerprint density at radius 1 is 1.00 bits per heavy atom. The molecule has 3 aliphatic rings. The minimum absolute atomic E-state index is 0.0374. The Morgan fingerprint density at radius 2 is 1.71 bits per heavy atom. The van der Waals surface area contributed by atoms with Crippen molar-refractivity contribution in [1.82, 2.24) is 0 Å². The summed E-state index contributed by atoms with van der Waals surface area (Å²) in [6, 6.07) is 5.55. The lowest BCUT2D eigenvalue weighted by atomic mass is 9.52. The van der Waals surface area contributed by atoms with Gasteiger partial charge in [-0.25, -0.2) is 0 Å². The van der Waals surface area contributed by atoms with Gasteiger partial charge in [0.15, 0.2) is 0 Å². The first-order chi connectivity index (χ1) is 20.7. The van der Waals surface area contributed by atoms with E-state index in [0.717, 1.165) is 31.2 Å². The van der Waals surface area contributed by atoms with Crippen LogP contribution in [-0.4, -0.2) is 44.1 Å². The number of aliphatic hydroxyl groups excluding tert-OH is 1. The Labute approximate surface area is 249 Å². The molecule has 7 atom stereocenters.